The standard InChI is InChI=1S/C29H38/c1-10-29(9,27-20-21(2)18-19-23(27)4)25(6)16-13-15-24(5)28(7,8)26-17-12-11-14-22(26)3/h11-20H,6,10H2,1-5,7-9H3/b16-13+,24-15-. The van der Waals surface area contributed by atoms with Crippen molar-refractivity contribution in [2.75, 3.05) is 0 Å². The van der Waals surface area contributed by atoms with Gasteiger partial charge in [0.25, 0.3) is 0 Å². The van der Waals surface area contributed by atoms with E-state index in [4.69, 9.17) is 0 Å². The van der Waals surface area contributed by atoms with E-state index in [0.717, 1.165) is 12.0 Å². The average Bonchev–Trinajstić information content (AvgIpc) is 2.69. The number of hydrogen-bond acceptors (Lipinski definition) is 0. The average molecular weight is 387 g/mol. The van der Waals surface area contributed by atoms with Gasteiger partial charge in [-0.2, -0.15) is 0 Å². The summed E-state index contributed by atoms with van der Waals surface area (Å²) < 4.78 is 0. The van der Waals surface area contributed by atoms with Crippen molar-refractivity contribution >= 4 is 0 Å². The summed E-state index contributed by atoms with van der Waals surface area (Å²) in [6.07, 6.45) is 7.65. The van der Waals surface area contributed by atoms with Crippen molar-refractivity contribution in [2.24, 2.45) is 0 Å². The number of aryl methyl sites for hydroxylation is 3. The van der Waals surface area contributed by atoms with Gasteiger partial charge in [0.05, 0.1) is 0 Å². The Morgan fingerprint density at radius 3 is 2.17 bits per heavy atom. The van der Waals surface area contributed by atoms with E-state index in [0.29, 0.717) is 0 Å². The van der Waals surface area contributed by atoms with Crippen molar-refractivity contribution in [1.29, 1.82) is 0 Å². The molecule has 1 atom stereocenters. The van der Waals surface area contributed by atoms with Gasteiger partial charge < -0.3 is 0 Å². The SMILES string of the molecule is C=C(/C=C/C=C(/C)C(C)(C)c1ccccc1C)C(C)(CC)c1cc(C)ccc1C. The molecule has 0 saturated carbocycles. The Labute approximate surface area is 179 Å². The minimum Gasteiger partial charge on any atom is -0.0949 e. The second kappa shape index (κ2) is 8.99. The van der Waals surface area contributed by atoms with Crippen LogP contribution in [0.4, 0.5) is 0 Å². The van der Waals surface area contributed by atoms with Crippen LogP contribution in [0, 0.1) is 20.8 Å². The van der Waals surface area contributed by atoms with Crippen LogP contribution in [0.5, 0.6) is 0 Å². The van der Waals surface area contributed by atoms with Crippen molar-refractivity contribution in [3.63, 3.8) is 0 Å². The van der Waals surface area contributed by atoms with Crippen molar-refractivity contribution in [2.45, 2.75) is 72.6 Å². The van der Waals surface area contributed by atoms with Crippen molar-refractivity contribution in [3.05, 3.63) is 106 Å². The zero-order valence-corrected chi connectivity index (χ0v) is 19.7. The third-order valence-electron chi connectivity index (χ3n) is 6.85. The molecule has 1 unspecified atom stereocenters. The molecule has 2 aromatic rings. The lowest BCUT2D eigenvalue weighted by molar-refractivity contribution is 0.546. The smallest absolute Gasteiger partial charge is 0.0169 e. The van der Waals surface area contributed by atoms with E-state index in [1.165, 1.54) is 33.4 Å². The highest BCUT2D eigenvalue weighted by molar-refractivity contribution is 5.46. The van der Waals surface area contributed by atoms with Crippen molar-refractivity contribution in [1.82, 2.24) is 0 Å². The van der Waals surface area contributed by atoms with E-state index in [-0.39, 0.29) is 10.8 Å². The largest absolute Gasteiger partial charge is 0.0949 e. The molecule has 0 saturated heterocycles. The maximum Gasteiger partial charge on any atom is 0.0169 e. The fourth-order valence-electron chi connectivity index (χ4n) is 4.11. The summed E-state index contributed by atoms with van der Waals surface area (Å²) in [4.78, 5) is 0. The highest BCUT2D eigenvalue weighted by atomic mass is 14.3. The van der Waals surface area contributed by atoms with Crippen LogP contribution in [0.2, 0.25) is 0 Å². The molecule has 2 aromatic carbocycles. The van der Waals surface area contributed by atoms with Gasteiger partial charge >= 0.3 is 0 Å². The first-order valence-electron chi connectivity index (χ1n) is 10.7. The molecule has 0 nitrogen and oxygen atoms in total. The lowest BCUT2D eigenvalue weighted by Crippen LogP contribution is -2.24. The Kier molecular flexibility index (Phi) is 7.11. The predicted molar refractivity (Wildman–Crippen MR) is 130 cm³/mol. The van der Waals surface area contributed by atoms with Gasteiger partial charge in [0.1, 0.15) is 0 Å². The van der Waals surface area contributed by atoms with E-state index in [2.05, 4.69) is 123 Å². The first-order valence-corrected chi connectivity index (χ1v) is 10.7. The van der Waals surface area contributed by atoms with Gasteiger partial charge in [0, 0.05) is 10.8 Å². The third-order valence-corrected chi connectivity index (χ3v) is 6.85. The molecular weight excluding hydrogens is 348 g/mol. The van der Waals surface area contributed by atoms with E-state index < -0.39 is 0 Å². The molecule has 154 valence electrons. The van der Waals surface area contributed by atoms with Crippen LogP contribution in [0.3, 0.4) is 0 Å². The molecule has 0 radical (unpaired) electrons. The molecule has 0 N–H and O–H groups in total. The Morgan fingerprint density at radius 2 is 1.55 bits per heavy atom. The second-order valence-electron chi connectivity index (χ2n) is 9.18. The normalized spacial score (nSPS) is 14.8. The Hall–Kier alpha value is -2.34. The monoisotopic (exact) mass is 386 g/mol. The molecule has 29 heavy (non-hydrogen) atoms. The summed E-state index contributed by atoms with van der Waals surface area (Å²) in [5.74, 6) is 0. The van der Waals surface area contributed by atoms with Gasteiger partial charge in [-0.05, 0) is 61.9 Å². The molecule has 0 aromatic heterocycles. The number of benzene rings is 2. The minimum atomic E-state index is -0.0557. The number of hydrogen-bond donors (Lipinski definition) is 0. The predicted octanol–water partition coefficient (Wildman–Crippen LogP) is 8.32. The Bertz CT molecular complexity index is 936. The Morgan fingerprint density at radius 1 is 0.931 bits per heavy atom. The van der Waals surface area contributed by atoms with E-state index in [9.17, 15) is 0 Å². The van der Waals surface area contributed by atoms with Gasteiger partial charge in [-0.1, -0.05) is 106 Å². The molecule has 0 amide bonds. The Balaban J connectivity index is 2.31. The molecule has 0 spiro atoms. The molecule has 0 heteroatoms. The molecular formula is C29H38. The molecule has 2 rings (SSSR count). The quantitative estimate of drug-likeness (QED) is 0.420. The number of rotatable bonds is 7. The highest BCUT2D eigenvalue weighted by Gasteiger charge is 2.28. The van der Waals surface area contributed by atoms with Crippen LogP contribution >= 0.6 is 0 Å². The van der Waals surface area contributed by atoms with Gasteiger partial charge in [-0.15, -0.1) is 0 Å². The van der Waals surface area contributed by atoms with Crippen LogP contribution in [-0.4, -0.2) is 0 Å². The molecule has 0 aliphatic rings. The summed E-state index contributed by atoms with van der Waals surface area (Å²) in [5.41, 5.74) is 9.20. The first kappa shape index (κ1) is 22.9. The first-order chi connectivity index (χ1) is 13.5. The molecule has 0 fully saturated rings. The molecule has 0 aliphatic carbocycles. The van der Waals surface area contributed by atoms with Crippen molar-refractivity contribution in [3.8, 4) is 0 Å². The highest BCUT2D eigenvalue weighted by Crippen LogP contribution is 2.38. The van der Waals surface area contributed by atoms with Crippen LogP contribution in [0.25, 0.3) is 0 Å². The topological polar surface area (TPSA) is 0 Å². The summed E-state index contributed by atoms with van der Waals surface area (Å²) >= 11 is 0. The van der Waals surface area contributed by atoms with Crippen molar-refractivity contribution < 1.29 is 0 Å². The van der Waals surface area contributed by atoms with Crippen LogP contribution in [0.1, 0.15) is 68.9 Å². The maximum atomic E-state index is 4.46. The zero-order valence-electron chi connectivity index (χ0n) is 19.7. The summed E-state index contributed by atoms with van der Waals surface area (Å²) in [6.45, 7) is 22.4. The van der Waals surface area contributed by atoms with Crippen LogP contribution < -0.4 is 0 Å². The van der Waals surface area contributed by atoms with Gasteiger partial charge in [0.15, 0.2) is 0 Å². The lowest BCUT2D eigenvalue weighted by atomic mass is 9.72. The third kappa shape index (κ3) is 4.81. The van der Waals surface area contributed by atoms with Crippen LogP contribution in [0.15, 0.2) is 78.4 Å². The summed E-state index contributed by atoms with van der Waals surface area (Å²) in [7, 11) is 0. The van der Waals surface area contributed by atoms with E-state index in [1.54, 1.807) is 0 Å². The zero-order chi connectivity index (χ0) is 21.8. The molecule has 0 bridgehead atoms. The van der Waals surface area contributed by atoms with Gasteiger partial charge in [-0.3, -0.25) is 0 Å². The van der Waals surface area contributed by atoms with E-state index >= 15 is 0 Å². The molecule has 0 aliphatic heterocycles. The summed E-state index contributed by atoms with van der Waals surface area (Å²) in [5, 5.41) is 0. The minimum absolute atomic E-state index is 0.00178. The maximum absolute atomic E-state index is 4.46. The van der Waals surface area contributed by atoms with Gasteiger partial charge in [-0.25, -0.2) is 0 Å². The van der Waals surface area contributed by atoms with Crippen LogP contribution in [-0.2, 0) is 10.8 Å². The van der Waals surface area contributed by atoms with E-state index in [1.807, 2.05) is 0 Å². The fourth-order valence-corrected chi connectivity index (χ4v) is 4.11. The fraction of sp³-hybridized carbons (Fsp3) is 0.379. The number of allylic oxidation sites excluding steroid dienone is 5. The summed E-state index contributed by atoms with van der Waals surface area (Å²) in [6, 6.07) is 15.4. The lowest BCUT2D eigenvalue weighted by Gasteiger charge is -2.32. The molecule has 0 heterocycles. The second-order valence-corrected chi connectivity index (χ2v) is 9.18. The van der Waals surface area contributed by atoms with Gasteiger partial charge in [0.2, 0.25) is 0 Å².